The molecule has 176 valence electrons. The second-order valence-electron chi connectivity index (χ2n) is 7.94. The first-order valence-electron chi connectivity index (χ1n) is 10.9. The first-order valence-corrected chi connectivity index (χ1v) is 11.7. The van der Waals surface area contributed by atoms with Gasteiger partial charge in [-0.1, -0.05) is 6.07 Å². The van der Waals surface area contributed by atoms with E-state index in [1.54, 1.807) is 37.5 Å². The highest BCUT2D eigenvalue weighted by atomic mass is 79.9. The second kappa shape index (κ2) is 9.71. The van der Waals surface area contributed by atoms with Gasteiger partial charge in [0, 0.05) is 60.1 Å². The van der Waals surface area contributed by atoms with E-state index in [0.29, 0.717) is 18.0 Å². The molecule has 0 unspecified atom stereocenters. The summed E-state index contributed by atoms with van der Waals surface area (Å²) in [4.78, 5) is 16.1. The Morgan fingerprint density at radius 3 is 2.40 bits per heavy atom. The van der Waals surface area contributed by atoms with Crippen molar-refractivity contribution < 1.29 is 9.47 Å². The number of nitrogens with zero attached hydrogens (tertiary/aromatic N) is 6. The highest BCUT2D eigenvalue weighted by Crippen LogP contribution is 2.36. The molecule has 0 amide bonds. The number of hydrogen-bond donors (Lipinski definition) is 0. The molecular formula is C26H23BrN6O2. The number of anilines is 2. The quantitative estimate of drug-likeness (QED) is 0.255. The minimum atomic E-state index is 0.561. The van der Waals surface area contributed by atoms with Crippen molar-refractivity contribution in [2.24, 2.45) is 7.05 Å². The molecule has 5 aromatic rings. The summed E-state index contributed by atoms with van der Waals surface area (Å²) >= 11 is 3.59. The van der Waals surface area contributed by atoms with Gasteiger partial charge in [-0.2, -0.15) is 5.10 Å². The van der Waals surface area contributed by atoms with Crippen molar-refractivity contribution in [3.05, 3.63) is 83.5 Å². The lowest BCUT2D eigenvalue weighted by atomic mass is 10.1. The lowest BCUT2D eigenvalue weighted by Crippen LogP contribution is -2.17. The molecule has 5 rings (SSSR count). The van der Waals surface area contributed by atoms with Crippen molar-refractivity contribution >= 4 is 38.3 Å². The molecule has 0 saturated heterocycles. The van der Waals surface area contributed by atoms with Gasteiger partial charge >= 0.3 is 0 Å². The minimum Gasteiger partial charge on any atom is -0.497 e. The Kier molecular flexibility index (Phi) is 6.33. The Morgan fingerprint density at radius 1 is 0.914 bits per heavy atom. The largest absolute Gasteiger partial charge is 0.497 e. The summed E-state index contributed by atoms with van der Waals surface area (Å²) in [5.41, 5.74) is 6.17. The molecule has 0 aliphatic rings. The van der Waals surface area contributed by atoms with Crippen LogP contribution in [-0.4, -0.2) is 39.0 Å². The maximum Gasteiger partial charge on any atom is 0.124 e. The van der Waals surface area contributed by atoms with Crippen LogP contribution in [0.15, 0.2) is 77.9 Å². The molecule has 3 aromatic heterocycles. The fourth-order valence-corrected chi connectivity index (χ4v) is 4.22. The van der Waals surface area contributed by atoms with Crippen molar-refractivity contribution in [1.29, 1.82) is 0 Å². The maximum absolute atomic E-state index is 5.54. The van der Waals surface area contributed by atoms with Gasteiger partial charge in [-0.05, 0) is 40.2 Å². The third kappa shape index (κ3) is 4.81. The van der Waals surface area contributed by atoms with Crippen LogP contribution in [0.25, 0.3) is 22.3 Å². The number of halogens is 1. The van der Waals surface area contributed by atoms with Crippen molar-refractivity contribution in [2.45, 2.75) is 6.54 Å². The van der Waals surface area contributed by atoms with Gasteiger partial charge in [-0.15, -0.1) is 0 Å². The third-order valence-electron chi connectivity index (χ3n) is 5.65. The van der Waals surface area contributed by atoms with Crippen molar-refractivity contribution in [2.75, 3.05) is 19.1 Å². The number of rotatable bonds is 7. The van der Waals surface area contributed by atoms with E-state index in [4.69, 9.17) is 14.5 Å². The molecule has 2 aromatic carbocycles. The Labute approximate surface area is 211 Å². The van der Waals surface area contributed by atoms with Gasteiger partial charge in [0.25, 0.3) is 0 Å². The second-order valence-corrected chi connectivity index (χ2v) is 8.69. The lowest BCUT2D eigenvalue weighted by molar-refractivity contribution is 0.394. The molecule has 0 aliphatic heterocycles. The maximum atomic E-state index is 5.54. The number of hydrogen-bond acceptors (Lipinski definition) is 7. The predicted molar refractivity (Wildman–Crippen MR) is 139 cm³/mol. The Bertz CT molecular complexity index is 1480. The number of ether oxygens (including phenoxy) is 2. The van der Waals surface area contributed by atoms with Crippen LogP contribution in [0.2, 0.25) is 0 Å². The van der Waals surface area contributed by atoms with Gasteiger partial charge < -0.3 is 14.4 Å². The normalized spacial score (nSPS) is 11.0. The van der Waals surface area contributed by atoms with E-state index in [-0.39, 0.29) is 0 Å². The molecule has 0 atom stereocenters. The Balaban J connectivity index is 1.63. The molecule has 9 heteroatoms. The molecule has 0 fully saturated rings. The molecule has 3 heterocycles. The number of aromatic nitrogens is 5. The zero-order valence-electron chi connectivity index (χ0n) is 19.5. The summed E-state index contributed by atoms with van der Waals surface area (Å²) in [6.07, 6.45) is 7.25. The Morgan fingerprint density at radius 2 is 1.71 bits per heavy atom. The standard InChI is InChI=1S/C26H23BrN6O2/c1-32-15-18(13-30-32)25-14-29-23-7-6-19(11-24(23)31-25)33(16-17-5-4-8-28-26(17)27)20-9-21(34-2)12-22(10-20)35-3/h4-15H,16H2,1-3H3. The fraction of sp³-hybridized carbons (Fsp3) is 0.154. The molecule has 35 heavy (non-hydrogen) atoms. The number of benzene rings is 2. The van der Waals surface area contributed by atoms with E-state index in [1.165, 1.54) is 0 Å². The molecule has 0 N–H and O–H groups in total. The minimum absolute atomic E-state index is 0.561. The molecule has 0 bridgehead atoms. The topological polar surface area (TPSA) is 78.2 Å². The third-order valence-corrected chi connectivity index (χ3v) is 6.36. The highest BCUT2D eigenvalue weighted by Gasteiger charge is 2.16. The number of aryl methyl sites for hydroxylation is 1. The van der Waals surface area contributed by atoms with Gasteiger partial charge in [0.1, 0.15) is 16.1 Å². The fourth-order valence-electron chi connectivity index (χ4n) is 3.85. The van der Waals surface area contributed by atoms with E-state index in [9.17, 15) is 0 Å². The molecule has 0 aliphatic carbocycles. The molecular weight excluding hydrogens is 508 g/mol. The molecule has 0 radical (unpaired) electrons. The van der Waals surface area contributed by atoms with Crippen LogP contribution in [0.4, 0.5) is 11.4 Å². The molecule has 0 saturated carbocycles. The summed E-state index contributed by atoms with van der Waals surface area (Å²) < 4.78 is 13.6. The number of methoxy groups -OCH3 is 2. The van der Waals surface area contributed by atoms with E-state index in [2.05, 4.69) is 35.9 Å². The monoisotopic (exact) mass is 530 g/mol. The van der Waals surface area contributed by atoms with Crippen molar-refractivity contribution in [3.8, 4) is 22.8 Å². The van der Waals surface area contributed by atoms with Gasteiger partial charge in [0.05, 0.1) is 49.9 Å². The zero-order chi connectivity index (χ0) is 24.4. The zero-order valence-corrected chi connectivity index (χ0v) is 21.1. The van der Waals surface area contributed by atoms with E-state index in [1.807, 2.05) is 61.8 Å². The molecule has 0 spiro atoms. The summed E-state index contributed by atoms with van der Waals surface area (Å²) in [6.45, 7) is 0.561. The summed E-state index contributed by atoms with van der Waals surface area (Å²) in [6, 6.07) is 15.8. The van der Waals surface area contributed by atoms with Crippen LogP contribution in [0.5, 0.6) is 11.5 Å². The van der Waals surface area contributed by atoms with Crippen LogP contribution < -0.4 is 14.4 Å². The van der Waals surface area contributed by atoms with E-state index in [0.717, 1.165) is 43.8 Å². The van der Waals surface area contributed by atoms with Gasteiger partial charge in [0.15, 0.2) is 0 Å². The smallest absolute Gasteiger partial charge is 0.124 e. The van der Waals surface area contributed by atoms with Crippen molar-refractivity contribution in [1.82, 2.24) is 24.7 Å². The predicted octanol–water partition coefficient (Wildman–Crippen LogP) is 5.54. The SMILES string of the molecule is COc1cc(OC)cc(N(Cc2cccnc2Br)c2ccc3ncc(-c4cnn(C)c4)nc3c2)c1. The van der Waals surface area contributed by atoms with Gasteiger partial charge in [0.2, 0.25) is 0 Å². The number of fused-ring (bicyclic) bond motifs is 1. The lowest BCUT2D eigenvalue weighted by Gasteiger charge is -2.26. The van der Waals surface area contributed by atoms with Crippen LogP contribution in [0.3, 0.4) is 0 Å². The average molecular weight is 531 g/mol. The van der Waals surface area contributed by atoms with Crippen LogP contribution in [0, 0.1) is 0 Å². The summed E-state index contributed by atoms with van der Waals surface area (Å²) in [7, 11) is 5.17. The average Bonchev–Trinajstić information content (AvgIpc) is 3.33. The first kappa shape index (κ1) is 22.8. The van der Waals surface area contributed by atoms with E-state index < -0.39 is 0 Å². The first-order chi connectivity index (χ1) is 17.0. The van der Waals surface area contributed by atoms with Gasteiger partial charge in [-0.3, -0.25) is 9.67 Å². The Hall–Kier alpha value is -3.98. The highest BCUT2D eigenvalue weighted by molar-refractivity contribution is 9.10. The summed E-state index contributed by atoms with van der Waals surface area (Å²) in [5, 5.41) is 4.25. The summed E-state index contributed by atoms with van der Waals surface area (Å²) in [5.74, 6) is 1.41. The van der Waals surface area contributed by atoms with Gasteiger partial charge in [-0.25, -0.2) is 9.97 Å². The number of pyridine rings is 1. The van der Waals surface area contributed by atoms with Crippen LogP contribution in [-0.2, 0) is 13.6 Å². The van der Waals surface area contributed by atoms with Crippen molar-refractivity contribution in [3.63, 3.8) is 0 Å². The van der Waals surface area contributed by atoms with E-state index >= 15 is 0 Å². The van der Waals surface area contributed by atoms with Crippen LogP contribution in [0.1, 0.15) is 5.56 Å². The van der Waals surface area contributed by atoms with Crippen LogP contribution >= 0.6 is 15.9 Å². The molecule has 8 nitrogen and oxygen atoms in total.